The van der Waals surface area contributed by atoms with Crippen LogP contribution >= 0.6 is 11.6 Å². The average Bonchev–Trinajstić information content (AvgIpc) is 2.08. The molecule has 0 aromatic heterocycles. The summed E-state index contributed by atoms with van der Waals surface area (Å²) in [6.07, 6.45) is 0. The summed E-state index contributed by atoms with van der Waals surface area (Å²) in [6.45, 7) is 1.61. The SMILES string of the molecule is Cc1cccc(C(=O)CCl)c1F. The van der Waals surface area contributed by atoms with Crippen molar-refractivity contribution in [1.29, 1.82) is 0 Å². The van der Waals surface area contributed by atoms with E-state index in [-0.39, 0.29) is 17.2 Å². The van der Waals surface area contributed by atoms with Crippen molar-refractivity contribution in [3.05, 3.63) is 35.1 Å². The molecule has 12 heavy (non-hydrogen) atoms. The second kappa shape index (κ2) is 3.68. The monoisotopic (exact) mass is 186 g/mol. The summed E-state index contributed by atoms with van der Waals surface area (Å²) in [5.74, 6) is -1.03. The van der Waals surface area contributed by atoms with Crippen LogP contribution in [0.2, 0.25) is 0 Å². The van der Waals surface area contributed by atoms with E-state index in [1.165, 1.54) is 6.07 Å². The second-order valence-corrected chi connectivity index (χ2v) is 2.76. The molecule has 3 heteroatoms. The predicted molar refractivity (Wildman–Crippen MR) is 46.2 cm³/mol. The Labute approximate surface area is 75.2 Å². The number of carbonyl (C=O) groups is 1. The van der Waals surface area contributed by atoms with Gasteiger partial charge in [0.05, 0.1) is 11.4 Å². The molecule has 0 fully saturated rings. The highest BCUT2D eigenvalue weighted by molar-refractivity contribution is 6.30. The number of carbonyl (C=O) groups excluding carboxylic acids is 1. The zero-order valence-corrected chi connectivity index (χ0v) is 7.36. The van der Waals surface area contributed by atoms with Crippen molar-refractivity contribution in [2.24, 2.45) is 0 Å². The predicted octanol–water partition coefficient (Wildman–Crippen LogP) is 2.56. The van der Waals surface area contributed by atoms with Gasteiger partial charge in [-0.1, -0.05) is 12.1 Å². The van der Waals surface area contributed by atoms with Crippen LogP contribution in [0.1, 0.15) is 15.9 Å². The van der Waals surface area contributed by atoms with Crippen molar-refractivity contribution in [2.45, 2.75) is 6.92 Å². The van der Waals surface area contributed by atoms with Crippen molar-refractivity contribution >= 4 is 17.4 Å². The zero-order chi connectivity index (χ0) is 9.14. The Balaban J connectivity index is 3.16. The lowest BCUT2D eigenvalue weighted by Crippen LogP contribution is -2.04. The molecule has 0 spiro atoms. The van der Waals surface area contributed by atoms with Gasteiger partial charge in [-0.3, -0.25) is 4.79 Å². The number of aryl methyl sites for hydroxylation is 1. The first-order chi connectivity index (χ1) is 5.66. The van der Waals surface area contributed by atoms with E-state index in [9.17, 15) is 9.18 Å². The number of hydrogen-bond donors (Lipinski definition) is 0. The van der Waals surface area contributed by atoms with Crippen LogP contribution in [-0.4, -0.2) is 11.7 Å². The highest BCUT2D eigenvalue weighted by Crippen LogP contribution is 2.12. The third kappa shape index (κ3) is 1.64. The van der Waals surface area contributed by atoms with Crippen LogP contribution in [0, 0.1) is 12.7 Å². The quantitative estimate of drug-likeness (QED) is 0.513. The zero-order valence-electron chi connectivity index (χ0n) is 6.60. The van der Waals surface area contributed by atoms with Gasteiger partial charge in [0.25, 0.3) is 0 Å². The van der Waals surface area contributed by atoms with E-state index >= 15 is 0 Å². The molecule has 0 bridgehead atoms. The fraction of sp³-hybridized carbons (Fsp3) is 0.222. The van der Waals surface area contributed by atoms with E-state index < -0.39 is 5.82 Å². The van der Waals surface area contributed by atoms with E-state index in [4.69, 9.17) is 11.6 Å². The van der Waals surface area contributed by atoms with Gasteiger partial charge in [-0.2, -0.15) is 0 Å². The normalized spacial score (nSPS) is 9.92. The molecule has 0 N–H and O–H groups in total. The summed E-state index contributed by atoms with van der Waals surface area (Å²) < 4.78 is 13.2. The number of rotatable bonds is 2. The maximum Gasteiger partial charge on any atom is 0.180 e. The summed E-state index contributed by atoms with van der Waals surface area (Å²) >= 11 is 5.29. The van der Waals surface area contributed by atoms with Crippen LogP contribution in [0.25, 0.3) is 0 Å². The Morgan fingerprint density at radius 3 is 2.83 bits per heavy atom. The topological polar surface area (TPSA) is 17.1 Å². The lowest BCUT2D eigenvalue weighted by atomic mass is 10.1. The van der Waals surface area contributed by atoms with E-state index in [1.54, 1.807) is 19.1 Å². The summed E-state index contributed by atoms with van der Waals surface area (Å²) in [4.78, 5) is 11.0. The van der Waals surface area contributed by atoms with Gasteiger partial charge in [-0.05, 0) is 18.6 Å². The van der Waals surface area contributed by atoms with E-state index in [0.29, 0.717) is 5.56 Å². The molecule has 0 unspecified atom stereocenters. The van der Waals surface area contributed by atoms with E-state index in [0.717, 1.165) is 0 Å². The molecular weight excluding hydrogens is 179 g/mol. The summed E-state index contributed by atoms with van der Waals surface area (Å²) in [5.41, 5.74) is 0.538. The van der Waals surface area contributed by atoms with Crippen molar-refractivity contribution in [3.8, 4) is 0 Å². The molecule has 1 aromatic rings. The van der Waals surface area contributed by atoms with Crippen molar-refractivity contribution in [1.82, 2.24) is 0 Å². The fourth-order valence-corrected chi connectivity index (χ4v) is 1.08. The molecule has 0 aliphatic heterocycles. The minimum Gasteiger partial charge on any atom is -0.293 e. The third-order valence-electron chi connectivity index (χ3n) is 1.61. The molecule has 0 aliphatic rings. The highest BCUT2D eigenvalue weighted by atomic mass is 35.5. The summed E-state index contributed by atoms with van der Waals surface area (Å²) in [6, 6.07) is 4.69. The Morgan fingerprint density at radius 1 is 1.58 bits per heavy atom. The first-order valence-electron chi connectivity index (χ1n) is 3.51. The van der Waals surface area contributed by atoms with Crippen LogP contribution in [0.15, 0.2) is 18.2 Å². The molecule has 1 rings (SSSR count). The third-order valence-corrected chi connectivity index (χ3v) is 1.86. The highest BCUT2D eigenvalue weighted by Gasteiger charge is 2.10. The number of alkyl halides is 1. The molecule has 1 nitrogen and oxygen atoms in total. The molecule has 0 saturated carbocycles. The van der Waals surface area contributed by atoms with E-state index in [1.807, 2.05) is 0 Å². The van der Waals surface area contributed by atoms with Crippen LogP contribution in [0.4, 0.5) is 4.39 Å². The van der Waals surface area contributed by atoms with Crippen LogP contribution in [0.5, 0.6) is 0 Å². The Hall–Kier alpha value is -0.890. The lowest BCUT2D eigenvalue weighted by Gasteiger charge is -2.01. The minimum atomic E-state index is -0.469. The van der Waals surface area contributed by atoms with Gasteiger partial charge in [0.1, 0.15) is 5.82 Å². The number of hydrogen-bond acceptors (Lipinski definition) is 1. The van der Waals surface area contributed by atoms with Crippen molar-refractivity contribution in [3.63, 3.8) is 0 Å². The molecule has 0 radical (unpaired) electrons. The van der Waals surface area contributed by atoms with Gasteiger partial charge >= 0.3 is 0 Å². The smallest absolute Gasteiger partial charge is 0.180 e. The maximum atomic E-state index is 13.2. The van der Waals surface area contributed by atoms with Gasteiger partial charge in [0.15, 0.2) is 5.78 Å². The van der Waals surface area contributed by atoms with Crippen molar-refractivity contribution < 1.29 is 9.18 Å². The molecule has 0 heterocycles. The first-order valence-corrected chi connectivity index (χ1v) is 4.04. The number of halogens is 2. The standard InChI is InChI=1S/C9H8ClFO/c1-6-3-2-4-7(9(6)11)8(12)5-10/h2-4H,5H2,1H3. The molecule has 0 atom stereocenters. The van der Waals surface area contributed by atoms with Gasteiger partial charge < -0.3 is 0 Å². The number of benzene rings is 1. The Bertz CT molecular complexity index is 309. The fourth-order valence-electron chi connectivity index (χ4n) is 0.935. The molecule has 0 aliphatic carbocycles. The molecule has 0 amide bonds. The maximum absolute atomic E-state index is 13.2. The van der Waals surface area contributed by atoms with Gasteiger partial charge in [0.2, 0.25) is 0 Å². The van der Waals surface area contributed by atoms with Crippen LogP contribution in [-0.2, 0) is 0 Å². The van der Waals surface area contributed by atoms with Crippen LogP contribution in [0.3, 0.4) is 0 Å². The van der Waals surface area contributed by atoms with Crippen molar-refractivity contribution in [2.75, 3.05) is 5.88 Å². The first kappa shape index (κ1) is 9.20. The summed E-state index contributed by atoms with van der Waals surface area (Å²) in [7, 11) is 0. The van der Waals surface area contributed by atoms with Gasteiger partial charge in [0, 0.05) is 0 Å². The van der Waals surface area contributed by atoms with Gasteiger partial charge in [-0.15, -0.1) is 11.6 Å². The second-order valence-electron chi connectivity index (χ2n) is 2.49. The summed E-state index contributed by atoms with van der Waals surface area (Å²) in [5, 5.41) is 0. The lowest BCUT2D eigenvalue weighted by molar-refractivity contribution is 0.101. The van der Waals surface area contributed by atoms with Crippen LogP contribution < -0.4 is 0 Å². The largest absolute Gasteiger partial charge is 0.293 e. The molecule has 64 valence electrons. The number of Topliss-reactive ketones (excluding diaryl/α,β-unsaturated/α-hetero) is 1. The average molecular weight is 187 g/mol. The van der Waals surface area contributed by atoms with Gasteiger partial charge in [-0.25, -0.2) is 4.39 Å². The molecule has 0 saturated heterocycles. The minimum absolute atomic E-state index is 0.0741. The number of ketones is 1. The Kier molecular flexibility index (Phi) is 2.82. The van der Waals surface area contributed by atoms with E-state index in [2.05, 4.69) is 0 Å². The Morgan fingerprint density at radius 2 is 2.25 bits per heavy atom. The molecule has 1 aromatic carbocycles. The molecular formula is C9H8ClFO.